The van der Waals surface area contributed by atoms with Crippen LogP contribution in [0.5, 0.6) is 0 Å². The molecule has 1 unspecified atom stereocenters. The molecule has 2 rings (SSSR count). The zero-order chi connectivity index (χ0) is 13.1. The summed E-state index contributed by atoms with van der Waals surface area (Å²) in [6, 6.07) is 7.25. The van der Waals surface area contributed by atoms with Gasteiger partial charge in [0, 0.05) is 25.2 Å². The number of hydrogen-bond acceptors (Lipinski definition) is 2. The van der Waals surface area contributed by atoms with E-state index < -0.39 is 0 Å². The van der Waals surface area contributed by atoms with Crippen molar-refractivity contribution in [1.82, 2.24) is 4.90 Å². The summed E-state index contributed by atoms with van der Waals surface area (Å²) in [5.41, 5.74) is 7.24. The standard InChI is InChI=1S/C15H23FN2/c1-11(2)9-18(14-7-8-14)10-15(17)12-3-5-13(16)6-4-12/h3-6,11,14-15H,7-10,17H2,1-2H3. The van der Waals surface area contributed by atoms with Crippen LogP contribution in [0.1, 0.15) is 38.3 Å². The molecule has 1 aromatic rings. The molecule has 1 aliphatic carbocycles. The topological polar surface area (TPSA) is 29.3 Å². The lowest BCUT2D eigenvalue weighted by Crippen LogP contribution is -2.36. The van der Waals surface area contributed by atoms with Crippen molar-refractivity contribution in [3.05, 3.63) is 35.6 Å². The van der Waals surface area contributed by atoms with E-state index in [1.54, 1.807) is 12.1 Å². The Morgan fingerprint density at radius 3 is 2.33 bits per heavy atom. The summed E-state index contributed by atoms with van der Waals surface area (Å²) in [7, 11) is 0. The van der Waals surface area contributed by atoms with Gasteiger partial charge in [-0.15, -0.1) is 0 Å². The van der Waals surface area contributed by atoms with Crippen LogP contribution < -0.4 is 5.73 Å². The van der Waals surface area contributed by atoms with Gasteiger partial charge in [0.1, 0.15) is 5.82 Å². The smallest absolute Gasteiger partial charge is 0.123 e. The second-order valence-corrected chi connectivity index (χ2v) is 5.74. The van der Waals surface area contributed by atoms with Gasteiger partial charge >= 0.3 is 0 Å². The number of nitrogens with two attached hydrogens (primary N) is 1. The van der Waals surface area contributed by atoms with Gasteiger partial charge in [0.05, 0.1) is 0 Å². The van der Waals surface area contributed by atoms with Gasteiger partial charge in [-0.2, -0.15) is 0 Å². The molecule has 18 heavy (non-hydrogen) atoms. The first kappa shape index (κ1) is 13.5. The molecule has 100 valence electrons. The van der Waals surface area contributed by atoms with E-state index in [4.69, 9.17) is 5.73 Å². The number of rotatable bonds is 6. The number of hydrogen-bond donors (Lipinski definition) is 1. The summed E-state index contributed by atoms with van der Waals surface area (Å²) in [5.74, 6) is 0.457. The van der Waals surface area contributed by atoms with Crippen LogP contribution in [0.15, 0.2) is 24.3 Å². The van der Waals surface area contributed by atoms with Crippen LogP contribution >= 0.6 is 0 Å². The average molecular weight is 250 g/mol. The maximum Gasteiger partial charge on any atom is 0.123 e. The lowest BCUT2D eigenvalue weighted by Gasteiger charge is -2.27. The van der Waals surface area contributed by atoms with Crippen molar-refractivity contribution >= 4 is 0 Å². The van der Waals surface area contributed by atoms with E-state index in [0.717, 1.165) is 24.7 Å². The van der Waals surface area contributed by atoms with Crippen molar-refractivity contribution in [1.29, 1.82) is 0 Å². The van der Waals surface area contributed by atoms with Gasteiger partial charge in [0.25, 0.3) is 0 Å². The van der Waals surface area contributed by atoms with Crippen LogP contribution in [0.25, 0.3) is 0 Å². The van der Waals surface area contributed by atoms with Gasteiger partial charge in [0.15, 0.2) is 0 Å². The molecule has 0 spiro atoms. The van der Waals surface area contributed by atoms with E-state index in [2.05, 4.69) is 18.7 Å². The Bertz CT molecular complexity index is 371. The lowest BCUT2D eigenvalue weighted by molar-refractivity contribution is 0.221. The first-order chi connectivity index (χ1) is 8.56. The number of halogens is 1. The van der Waals surface area contributed by atoms with E-state index >= 15 is 0 Å². The molecule has 1 atom stereocenters. The zero-order valence-corrected chi connectivity index (χ0v) is 11.3. The highest BCUT2D eigenvalue weighted by Gasteiger charge is 2.30. The predicted molar refractivity (Wildman–Crippen MR) is 72.8 cm³/mol. The van der Waals surface area contributed by atoms with E-state index in [9.17, 15) is 4.39 Å². The van der Waals surface area contributed by atoms with Gasteiger partial charge in [0.2, 0.25) is 0 Å². The fourth-order valence-corrected chi connectivity index (χ4v) is 2.35. The molecular formula is C15H23FN2. The van der Waals surface area contributed by atoms with Crippen molar-refractivity contribution in [3.8, 4) is 0 Å². The molecule has 0 saturated heterocycles. The fourth-order valence-electron chi connectivity index (χ4n) is 2.35. The highest BCUT2D eigenvalue weighted by Crippen LogP contribution is 2.29. The molecule has 0 heterocycles. The molecule has 3 heteroatoms. The van der Waals surface area contributed by atoms with Crippen molar-refractivity contribution in [3.63, 3.8) is 0 Å². The first-order valence-corrected chi connectivity index (χ1v) is 6.81. The summed E-state index contributed by atoms with van der Waals surface area (Å²) in [5, 5.41) is 0. The monoisotopic (exact) mass is 250 g/mol. The SMILES string of the molecule is CC(C)CN(CC(N)c1ccc(F)cc1)C1CC1. The minimum Gasteiger partial charge on any atom is -0.323 e. The van der Waals surface area contributed by atoms with E-state index in [1.165, 1.54) is 25.0 Å². The Balaban J connectivity index is 1.95. The minimum absolute atomic E-state index is 0.0232. The van der Waals surface area contributed by atoms with E-state index in [0.29, 0.717) is 5.92 Å². The molecule has 1 fully saturated rings. The van der Waals surface area contributed by atoms with Crippen LogP contribution in [0.3, 0.4) is 0 Å². The maximum atomic E-state index is 12.9. The zero-order valence-electron chi connectivity index (χ0n) is 11.3. The Morgan fingerprint density at radius 1 is 1.22 bits per heavy atom. The van der Waals surface area contributed by atoms with Crippen LogP contribution in [0.2, 0.25) is 0 Å². The quantitative estimate of drug-likeness (QED) is 0.841. The third-order valence-electron chi connectivity index (χ3n) is 3.39. The van der Waals surface area contributed by atoms with Crippen molar-refractivity contribution in [2.75, 3.05) is 13.1 Å². The lowest BCUT2D eigenvalue weighted by atomic mass is 10.1. The highest BCUT2D eigenvalue weighted by molar-refractivity contribution is 5.20. The second kappa shape index (κ2) is 5.81. The summed E-state index contributed by atoms with van der Waals surface area (Å²) in [4.78, 5) is 2.48. The molecule has 0 bridgehead atoms. The number of nitrogens with zero attached hydrogens (tertiary/aromatic N) is 1. The molecule has 0 aromatic heterocycles. The summed E-state index contributed by atoms with van der Waals surface area (Å²) >= 11 is 0. The normalized spacial score (nSPS) is 17.4. The molecule has 2 N–H and O–H groups in total. The molecular weight excluding hydrogens is 227 g/mol. The predicted octanol–water partition coefficient (Wildman–Crippen LogP) is 2.95. The Hall–Kier alpha value is -0.930. The van der Waals surface area contributed by atoms with Gasteiger partial charge < -0.3 is 5.73 Å². The van der Waals surface area contributed by atoms with Crippen LogP contribution in [0, 0.1) is 11.7 Å². The largest absolute Gasteiger partial charge is 0.323 e. The molecule has 0 amide bonds. The first-order valence-electron chi connectivity index (χ1n) is 6.81. The average Bonchev–Trinajstić information content (AvgIpc) is 3.12. The second-order valence-electron chi connectivity index (χ2n) is 5.74. The van der Waals surface area contributed by atoms with Crippen molar-refractivity contribution in [2.24, 2.45) is 11.7 Å². The van der Waals surface area contributed by atoms with Gasteiger partial charge in [-0.25, -0.2) is 4.39 Å². The Labute approximate surface area is 109 Å². The van der Waals surface area contributed by atoms with Crippen LogP contribution in [-0.2, 0) is 0 Å². The van der Waals surface area contributed by atoms with Gasteiger partial charge in [-0.05, 0) is 36.5 Å². The molecule has 0 radical (unpaired) electrons. The fraction of sp³-hybridized carbons (Fsp3) is 0.600. The van der Waals surface area contributed by atoms with Gasteiger partial charge in [-0.1, -0.05) is 26.0 Å². The molecule has 1 aromatic carbocycles. The van der Waals surface area contributed by atoms with E-state index in [-0.39, 0.29) is 11.9 Å². The summed E-state index contributed by atoms with van der Waals surface area (Å²) in [6.45, 7) is 6.44. The molecule has 2 nitrogen and oxygen atoms in total. The third kappa shape index (κ3) is 3.79. The summed E-state index contributed by atoms with van der Waals surface area (Å²) in [6.07, 6.45) is 2.59. The van der Waals surface area contributed by atoms with Crippen molar-refractivity contribution in [2.45, 2.75) is 38.8 Å². The van der Waals surface area contributed by atoms with Crippen molar-refractivity contribution < 1.29 is 4.39 Å². The molecule has 1 saturated carbocycles. The number of benzene rings is 1. The molecule has 1 aliphatic rings. The van der Waals surface area contributed by atoms with Gasteiger partial charge in [-0.3, -0.25) is 4.90 Å². The minimum atomic E-state index is -0.202. The maximum absolute atomic E-state index is 12.9. The van der Waals surface area contributed by atoms with Crippen LogP contribution in [-0.4, -0.2) is 24.0 Å². The van der Waals surface area contributed by atoms with E-state index in [1.807, 2.05) is 0 Å². The summed E-state index contributed by atoms with van der Waals surface area (Å²) < 4.78 is 12.9. The Morgan fingerprint density at radius 2 is 1.83 bits per heavy atom. The molecule has 0 aliphatic heterocycles. The Kier molecular flexibility index (Phi) is 4.36. The third-order valence-corrected chi connectivity index (χ3v) is 3.39. The highest BCUT2D eigenvalue weighted by atomic mass is 19.1. The van der Waals surface area contributed by atoms with Crippen LogP contribution in [0.4, 0.5) is 4.39 Å².